The Morgan fingerprint density at radius 2 is 2.60 bits per heavy atom. The smallest absolute Gasteiger partial charge is 0.0715 e. The Morgan fingerprint density at radius 1 is 1.80 bits per heavy atom. The summed E-state index contributed by atoms with van der Waals surface area (Å²) in [6, 6.07) is 0. The van der Waals surface area contributed by atoms with Gasteiger partial charge in [-0.25, -0.2) is 0 Å². The molecule has 1 aliphatic heterocycles. The van der Waals surface area contributed by atoms with Crippen LogP contribution >= 0.6 is 0 Å². The second-order valence-electron chi connectivity index (χ2n) is 2.75. The standard InChI is InChI=1S/C7H15NO2/c1-8-4-7(9)6-2-3-10-5-6/h6-9H,2-5H2,1H3. The third kappa shape index (κ3) is 1.94. The van der Waals surface area contributed by atoms with E-state index in [1.165, 1.54) is 0 Å². The first-order chi connectivity index (χ1) is 4.84. The minimum atomic E-state index is -0.229. The van der Waals surface area contributed by atoms with Crippen LogP contribution in [-0.4, -0.2) is 38.0 Å². The first kappa shape index (κ1) is 7.98. The molecule has 0 saturated carbocycles. The van der Waals surface area contributed by atoms with Crippen molar-refractivity contribution in [3.8, 4) is 0 Å². The first-order valence-electron chi connectivity index (χ1n) is 3.75. The van der Waals surface area contributed by atoms with Gasteiger partial charge in [0.2, 0.25) is 0 Å². The maximum atomic E-state index is 9.41. The lowest BCUT2D eigenvalue weighted by Crippen LogP contribution is -2.31. The molecule has 0 amide bonds. The fourth-order valence-corrected chi connectivity index (χ4v) is 1.23. The van der Waals surface area contributed by atoms with Gasteiger partial charge in [-0.2, -0.15) is 0 Å². The Morgan fingerprint density at radius 3 is 3.10 bits per heavy atom. The molecule has 10 heavy (non-hydrogen) atoms. The Balaban J connectivity index is 2.18. The van der Waals surface area contributed by atoms with Gasteiger partial charge in [-0.3, -0.25) is 0 Å². The van der Waals surface area contributed by atoms with E-state index in [-0.39, 0.29) is 6.10 Å². The molecule has 0 spiro atoms. The average Bonchev–Trinajstić information content (AvgIpc) is 2.38. The van der Waals surface area contributed by atoms with E-state index in [1.807, 2.05) is 7.05 Å². The van der Waals surface area contributed by atoms with Crippen LogP contribution in [-0.2, 0) is 4.74 Å². The van der Waals surface area contributed by atoms with E-state index in [2.05, 4.69) is 5.32 Å². The van der Waals surface area contributed by atoms with E-state index in [1.54, 1.807) is 0 Å². The highest BCUT2D eigenvalue weighted by molar-refractivity contribution is 4.73. The summed E-state index contributed by atoms with van der Waals surface area (Å²) in [7, 11) is 1.85. The summed E-state index contributed by atoms with van der Waals surface area (Å²) in [5.74, 6) is 0.354. The van der Waals surface area contributed by atoms with E-state index in [9.17, 15) is 5.11 Å². The average molecular weight is 145 g/mol. The van der Waals surface area contributed by atoms with Gasteiger partial charge in [0.05, 0.1) is 12.7 Å². The van der Waals surface area contributed by atoms with Crippen LogP contribution in [0.3, 0.4) is 0 Å². The molecule has 0 aliphatic carbocycles. The molecule has 1 heterocycles. The molecule has 0 aromatic rings. The molecule has 0 bridgehead atoms. The highest BCUT2D eigenvalue weighted by Crippen LogP contribution is 2.15. The third-order valence-electron chi connectivity index (χ3n) is 1.92. The first-order valence-corrected chi connectivity index (χ1v) is 3.75. The van der Waals surface area contributed by atoms with Crippen molar-refractivity contribution < 1.29 is 9.84 Å². The van der Waals surface area contributed by atoms with Crippen LogP contribution in [0.4, 0.5) is 0 Å². The van der Waals surface area contributed by atoms with Crippen LogP contribution in [0.2, 0.25) is 0 Å². The number of likely N-dealkylation sites (N-methyl/N-ethyl adjacent to an activating group) is 1. The van der Waals surface area contributed by atoms with Crippen molar-refractivity contribution in [3.05, 3.63) is 0 Å². The fourth-order valence-electron chi connectivity index (χ4n) is 1.23. The van der Waals surface area contributed by atoms with Crippen LogP contribution < -0.4 is 5.32 Å². The Kier molecular flexibility index (Phi) is 3.12. The summed E-state index contributed by atoms with van der Waals surface area (Å²) in [5, 5.41) is 12.3. The normalized spacial score (nSPS) is 28.8. The summed E-state index contributed by atoms with van der Waals surface area (Å²) in [4.78, 5) is 0. The lowest BCUT2D eigenvalue weighted by atomic mass is 10.0. The lowest BCUT2D eigenvalue weighted by Gasteiger charge is -2.14. The van der Waals surface area contributed by atoms with Crippen molar-refractivity contribution >= 4 is 0 Å². The molecule has 2 unspecified atom stereocenters. The van der Waals surface area contributed by atoms with Gasteiger partial charge >= 0.3 is 0 Å². The Bertz CT molecular complexity index is 91.6. The van der Waals surface area contributed by atoms with Crippen molar-refractivity contribution in [3.63, 3.8) is 0 Å². The van der Waals surface area contributed by atoms with Crippen molar-refractivity contribution in [1.82, 2.24) is 5.32 Å². The van der Waals surface area contributed by atoms with Crippen LogP contribution in [0.15, 0.2) is 0 Å². The summed E-state index contributed by atoms with van der Waals surface area (Å²) >= 11 is 0. The minimum Gasteiger partial charge on any atom is -0.391 e. The largest absolute Gasteiger partial charge is 0.391 e. The SMILES string of the molecule is CNCC(O)C1CCOC1. The molecule has 60 valence electrons. The second-order valence-corrected chi connectivity index (χ2v) is 2.75. The number of hydrogen-bond donors (Lipinski definition) is 2. The molecule has 0 radical (unpaired) electrons. The highest BCUT2D eigenvalue weighted by Gasteiger charge is 2.22. The zero-order valence-corrected chi connectivity index (χ0v) is 6.34. The van der Waals surface area contributed by atoms with Gasteiger partial charge in [-0.15, -0.1) is 0 Å². The van der Waals surface area contributed by atoms with Crippen molar-refractivity contribution in [1.29, 1.82) is 0 Å². The molecule has 0 aromatic carbocycles. The van der Waals surface area contributed by atoms with E-state index < -0.39 is 0 Å². The van der Waals surface area contributed by atoms with Crippen LogP contribution in [0.5, 0.6) is 0 Å². The number of aliphatic hydroxyl groups excluding tert-OH is 1. The van der Waals surface area contributed by atoms with Crippen LogP contribution in [0.1, 0.15) is 6.42 Å². The topological polar surface area (TPSA) is 41.5 Å². The molecule has 2 N–H and O–H groups in total. The predicted molar refractivity (Wildman–Crippen MR) is 38.9 cm³/mol. The summed E-state index contributed by atoms with van der Waals surface area (Å²) in [6.45, 7) is 2.21. The van der Waals surface area contributed by atoms with E-state index >= 15 is 0 Å². The lowest BCUT2D eigenvalue weighted by molar-refractivity contribution is 0.0925. The van der Waals surface area contributed by atoms with Gasteiger partial charge in [0, 0.05) is 19.1 Å². The Hall–Kier alpha value is -0.120. The monoisotopic (exact) mass is 145 g/mol. The molecule has 1 aliphatic rings. The maximum Gasteiger partial charge on any atom is 0.0715 e. The molecule has 1 saturated heterocycles. The second kappa shape index (κ2) is 3.91. The number of ether oxygens (including phenoxy) is 1. The highest BCUT2D eigenvalue weighted by atomic mass is 16.5. The molecule has 2 atom stereocenters. The van der Waals surface area contributed by atoms with Crippen LogP contribution in [0, 0.1) is 5.92 Å². The zero-order valence-electron chi connectivity index (χ0n) is 6.34. The fraction of sp³-hybridized carbons (Fsp3) is 1.00. The predicted octanol–water partition coefficient (Wildman–Crippen LogP) is -0.397. The number of hydrogen-bond acceptors (Lipinski definition) is 3. The molecular weight excluding hydrogens is 130 g/mol. The molecule has 1 fully saturated rings. The van der Waals surface area contributed by atoms with E-state index in [0.29, 0.717) is 12.5 Å². The summed E-state index contributed by atoms with van der Waals surface area (Å²) < 4.78 is 5.14. The van der Waals surface area contributed by atoms with Gasteiger partial charge < -0.3 is 15.2 Å². The maximum absolute atomic E-state index is 9.41. The summed E-state index contributed by atoms with van der Waals surface area (Å²) in [5.41, 5.74) is 0. The third-order valence-corrected chi connectivity index (χ3v) is 1.92. The van der Waals surface area contributed by atoms with E-state index in [4.69, 9.17) is 4.74 Å². The summed E-state index contributed by atoms with van der Waals surface area (Å²) in [6.07, 6.45) is 0.774. The van der Waals surface area contributed by atoms with Crippen molar-refractivity contribution in [2.75, 3.05) is 26.8 Å². The molecule has 1 rings (SSSR count). The molecule has 0 aromatic heterocycles. The van der Waals surface area contributed by atoms with Gasteiger partial charge in [-0.1, -0.05) is 0 Å². The van der Waals surface area contributed by atoms with Gasteiger partial charge in [0.25, 0.3) is 0 Å². The quantitative estimate of drug-likeness (QED) is 0.568. The molecular formula is C7H15NO2. The molecule has 3 heteroatoms. The number of nitrogens with one attached hydrogen (secondary N) is 1. The number of aliphatic hydroxyl groups is 1. The molecule has 3 nitrogen and oxygen atoms in total. The van der Waals surface area contributed by atoms with Crippen molar-refractivity contribution in [2.45, 2.75) is 12.5 Å². The van der Waals surface area contributed by atoms with Gasteiger partial charge in [0.1, 0.15) is 0 Å². The Labute approximate surface area is 61.4 Å². The zero-order chi connectivity index (χ0) is 7.40. The van der Waals surface area contributed by atoms with Gasteiger partial charge in [-0.05, 0) is 13.5 Å². The number of rotatable bonds is 3. The van der Waals surface area contributed by atoms with Crippen LogP contribution in [0.25, 0.3) is 0 Å². The van der Waals surface area contributed by atoms with Gasteiger partial charge in [0.15, 0.2) is 0 Å². The van der Waals surface area contributed by atoms with Crippen molar-refractivity contribution in [2.24, 2.45) is 5.92 Å². The minimum absolute atomic E-state index is 0.229. The van der Waals surface area contributed by atoms with E-state index in [0.717, 1.165) is 19.6 Å².